The van der Waals surface area contributed by atoms with Crippen molar-refractivity contribution in [3.63, 3.8) is 0 Å². The minimum Gasteiger partial charge on any atom is -0.369 e. The van der Waals surface area contributed by atoms with Crippen LogP contribution in [0.2, 0.25) is 0 Å². The van der Waals surface area contributed by atoms with E-state index < -0.39 is 27.0 Å². The van der Waals surface area contributed by atoms with Crippen molar-refractivity contribution in [2.24, 2.45) is 17.6 Å². The first-order valence-electron chi connectivity index (χ1n) is 12.8. The normalized spacial score (nSPS) is 23.1. The van der Waals surface area contributed by atoms with Gasteiger partial charge < -0.3 is 10.3 Å². The van der Waals surface area contributed by atoms with Crippen LogP contribution in [-0.2, 0) is 26.6 Å². The Labute approximate surface area is 212 Å². The fourth-order valence-electron chi connectivity index (χ4n) is 5.55. The Balaban J connectivity index is 1.64. The largest absolute Gasteiger partial charge is 0.369 e. The molecule has 2 aromatic rings. The zero-order chi connectivity index (χ0) is 26.5. The Hall–Kier alpha value is -2.07. The summed E-state index contributed by atoms with van der Waals surface area (Å²) in [6, 6.07) is 5.03. The lowest BCUT2D eigenvalue weighted by Gasteiger charge is -2.35. The number of imidazole rings is 1. The molecule has 4 rings (SSSR count). The van der Waals surface area contributed by atoms with Crippen LogP contribution in [0.15, 0.2) is 23.1 Å². The molecule has 1 saturated heterocycles. The molecule has 1 aliphatic heterocycles. The molecule has 2 unspecified atom stereocenters. The number of likely N-dealkylation sites (tertiary alicyclic amines) is 1. The molecule has 7 nitrogen and oxygen atoms in total. The summed E-state index contributed by atoms with van der Waals surface area (Å²) >= 11 is 0. The zero-order valence-electron chi connectivity index (χ0n) is 21.6. The maximum absolute atomic E-state index is 13.7. The molecule has 2 atom stereocenters. The summed E-state index contributed by atoms with van der Waals surface area (Å²) in [4.78, 5) is 18.5. The molecule has 1 saturated carbocycles. The van der Waals surface area contributed by atoms with Crippen molar-refractivity contribution < 1.29 is 22.0 Å². The number of aromatic nitrogens is 2. The van der Waals surface area contributed by atoms with E-state index in [9.17, 15) is 22.0 Å². The number of primary amides is 1. The molecule has 0 bridgehead atoms. The van der Waals surface area contributed by atoms with Gasteiger partial charge in [-0.2, -0.15) is 0 Å². The molecule has 0 radical (unpaired) electrons. The summed E-state index contributed by atoms with van der Waals surface area (Å²) in [5.74, 6) is -2.37. The molecule has 2 fully saturated rings. The average molecular weight is 525 g/mol. The highest BCUT2D eigenvalue weighted by molar-refractivity contribution is 7.92. The van der Waals surface area contributed by atoms with E-state index >= 15 is 0 Å². The molecular weight excluding hydrogens is 486 g/mol. The standard InChI is InChI=1S/C26H38F2N4O3S/c1-17(31-13-5-6-19(16-31)23(29)33)36(34,35)20-7-8-22-21(14-20)30-24(25(2,3)4)32(22)15-18-9-11-26(27,28)12-10-18/h7-8,14,17-19H,5-6,9-13,15-16H2,1-4H3,(H2,29,33). The molecule has 1 amide bonds. The maximum Gasteiger partial charge on any atom is 0.248 e. The topological polar surface area (TPSA) is 98.3 Å². The van der Waals surface area contributed by atoms with E-state index in [1.54, 1.807) is 25.1 Å². The third-order valence-corrected chi connectivity index (χ3v) is 9.92. The van der Waals surface area contributed by atoms with Gasteiger partial charge in [-0.3, -0.25) is 9.69 Å². The van der Waals surface area contributed by atoms with Gasteiger partial charge >= 0.3 is 0 Å². The highest BCUT2D eigenvalue weighted by atomic mass is 32.2. The number of hydrogen-bond donors (Lipinski definition) is 1. The number of piperidine rings is 1. The third-order valence-electron chi connectivity index (χ3n) is 7.81. The Kier molecular flexibility index (Phi) is 7.24. The Morgan fingerprint density at radius 3 is 2.50 bits per heavy atom. The van der Waals surface area contributed by atoms with Gasteiger partial charge in [-0.15, -0.1) is 0 Å². The minimum absolute atomic E-state index is 0.0947. The second kappa shape index (κ2) is 9.67. The van der Waals surface area contributed by atoms with Gasteiger partial charge in [0, 0.05) is 31.3 Å². The molecule has 36 heavy (non-hydrogen) atoms. The summed E-state index contributed by atoms with van der Waals surface area (Å²) in [6.45, 7) is 9.31. The van der Waals surface area contributed by atoms with Crippen molar-refractivity contribution in [1.82, 2.24) is 14.5 Å². The minimum atomic E-state index is -3.72. The van der Waals surface area contributed by atoms with E-state index in [1.807, 2.05) is 25.7 Å². The summed E-state index contributed by atoms with van der Waals surface area (Å²) in [6.07, 6.45) is 2.13. The Morgan fingerprint density at radius 2 is 1.89 bits per heavy atom. The highest BCUT2D eigenvalue weighted by Crippen LogP contribution is 2.38. The van der Waals surface area contributed by atoms with Crippen molar-refractivity contribution in [1.29, 1.82) is 0 Å². The average Bonchev–Trinajstić information content (AvgIpc) is 3.18. The van der Waals surface area contributed by atoms with Crippen LogP contribution in [0.25, 0.3) is 11.0 Å². The smallest absolute Gasteiger partial charge is 0.248 e. The van der Waals surface area contributed by atoms with E-state index in [4.69, 9.17) is 10.7 Å². The Morgan fingerprint density at radius 1 is 1.22 bits per heavy atom. The molecule has 1 aliphatic carbocycles. The van der Waals surface area contributed by atoms with E-state index in [0.717, 1.165) is 17.8 Å². The molecular formula is C26H38F2N4O3S. The number of halogens is 2. The van der Waals surface area contributed by atoms with Gasteiger partial charge in [0.15, 0.2) is 9.84 Å². The lowest BCUT2D eigenvalue weighted by molar-refractivity contribution is -0.123. The van der Waals surface area contributed by atoms with E-state index in [0.29, 0.717) is 44.4 Å². The van der Waals surface area contributed by atoms with Gasteiger partial charge in [0.05, 0.1) is 21.8 Å². The van der Waals surface area contributed by atoms with Gasteiger partial charge in [-0.25, -0.2) is 22.2 Å². The van der Waals surface area contributed by atoms with Crippen molar-refractivity contribution in [3.05, 3.63) is 24.0 Å². The predicted octanol–water partition coefficient (Wildman–Crippen LogP) is 4.48. The van der Waals surface area contributed by atoms with Crippen LogP contribution in [0.3, 0.4) is 0 Å². The summed E-state index contributed by atoms with van der Waals surface area (Å²) < 4.78 is 56.6. The number of carbonyl (C=O) groups excluding carboxylic acids is 1. The van der Waals surface area contributed by atoms with Crippen LogP contribution in [-0.4, -0.2) is 53.2 Å². The summed E-state index contributed by atoms with van der Waals surface area (Å²) in [5, 5.41) is -0.801. The van der Waals surface area contributed by atoms with Crippen LogP contribution < -0.4 is 5.73 Å². The Bertz CT molecular complexity index is 1230. The third kappa shape index (κ3) is 5.44. The number of amides is 1. The number of nitrogens with zero attached hydrogens (tertiary/aromatic N) is 3. The lowest BCUT2D eigenvalue weighted by atomic mass is 9.86. The first kappa shape index (κ1) is 27.0. The van der Waals surface area contributed by atoms with Crippen LogP contribution in [0.4, 0.5) is 8.78 Å². The van der Waals surface area contributed by atoms with E-state index in [2.05, 4.69) is 4.57 Å². The lowest BCUT2D eigenvalue weighted by Crippen LogP contribution is -2.47. The first-order chi connectivity index (χ1) is 16.7. The van der Waals surface area contributed by atoms with Crippen molar-refractivity contribution in [2.75, 3.05) is 13.1 Å². The predicted molar refractivity (Wildman–Crippen MR) is 135 cm³/mol. The fourth-order valence-corrected chi connectivity index (χ4v) is 7.06. The van der Waals surface area contributed by atoms with E-state index in [1.165, 1.54) is 0 Å². The summed E-state index contributed by atoms with van der Waals surface area (Å²) in [5.41, 5.74) is 6.58. The molecule has 2 aliphatic rings. The van der Waals surface area contributed by atoms with Gasteiger partial charge in [-0.05, 0) is 63.3 Å². The molecule has 1 aromatic carbocycles. The van der Waals surface area contributed by atoms with Gasteiger partial charge in [0.2, 0.25) is 11.8 Å². The van der Waals surface area contributed by atoms with Gasteiger partial charge in [0.1, 0.15) is 11.2 Å². The number of nitrogens with two attached hydrogens (primary N) is 1. The number of fused-ring (bicyclic) bond motifs is 1. The SMILES string of the molecule is CC(N1CCCC(C(N)=O)C1)S(=O)(=O)c1ccc2c(c1)nc(C(C)(C)C)n2CC1CCC(F)(F)CC1. The van der Waals surface area contributed by atoms with Crippen molar-refractivity contribution in [2.45, 2.75) is 94.4 Å². The van der Waals surface area contributed by atoms with Crippen LogP contribution in [0, 0.1) is 11.8 Å². The number of sulfone groups is 1. The number of carbonyl (C=O) groups is 1. The highest BCUT2D eigenvalue weighted by Gasteiger charge is 2.37. The summed E-state index contributed by atoms with van der Waals surface area (Å²) in [7, 11) is -3.72. The fraction of sp³-hybridized carbons (Fsp3) is 0.692. The molecule has 1 aromatic heterocycles. The number of benzene rings is 1. The second-order valence-corrected chi connectivity index (χ2v) is 13.9. The van der Waals surface area contributed by atoms with Gasteiger partial charge in [0.25, 0.3) is 0 Å². The van der Waals surface area contributed by atoms with Crippen LogP contribution >= 0.6 is 0 Å². The molecule has 200 valence electrons. The second-order valence-electron chi connectivity index (χ2n) is 11.6. The van der Waals surface area contributed by atoms with Crippen LogP contribution in [0.5, 0.6) is 0 Å². The zero-order valence-corrected chi connectivity index (χ0v) is 22.5. The van der Waals surface area contributed by atoms with E-state index in [-0.39, 0.29) is 35.0 Å². The maximum atomic E-state index is 13.7. The quantitative estimate of drug-likeness (QED) is 0.601. The van der Waals surface area contributed by atoms with Gasteiger partial charge in [-0.1, -0.05) is 20.8 Å². The van der Waals surface area contributed by atoms with Crippen molar-refractivity contribution in [3.8, 4) is 0 Å². The first-order valence-corrected chi connectivity index (χ1v) is 14.4. The number of rotatable bonds is 6. The monoisotopic (exact) mass is 524 g/mol. The molecule has 0 spiro atoms. The molecule has 2 N–H and O–H groups in total. The van der Waals surface area contributed by atoms with Crippen LogP contribution in [0.1, 0.15) is 72.0 Å². The number of hydrogen-bond acceptors (Lipinski definition) is 5. The molecule has 2 heterocycles. The molecule has 10 heteroatoms. The van der Waals surface area contributed by atoms with Crippen molar-refractivity contribution >= 4 is 26.8 Å². The number of alkyl halides is 2.